The summed E-state index contributed by atoms with van der Waals surface area (Å²) in [7, 11) is 3.85. The quantitative estimate of drug-likeness (QED) is 0.752. The van der Waals surface area contributed by atoms with Gasteiger partial charge < -0.3 is 14.4 Å². The predicted octanol–water partition coefficient (Wildman–Crippen LogP) is 2.88. The van der Waals surface area contributed by atoms with Crippen LogP contribution in [0.15, 0.2) is 42.5 Å². The molecular weight excluding hydrogens is 354 g/mol. The molecule has 0 bridgehead atoms. The Hall–Kier alpha value is -2.37. The maximum absolute atomic E-state index is 12.7. The van der Waals surface area contributed by atoms with Crippen LogP contribution in [0.3, 0.4) is 0 Å². The minimum atomic E-state index is -0.287. The molecule has 26 heavy (non-hydrogen) atoms. The summed E-state index contributed by atoms with van der Waals surface area (Å²) in [5.74, 6) is 0.174. The molecule has 1 heterocycles. The number of nitrogens with zero attached hydrogens (tertiary/aromatic N) is 1. The highest BCUT2D eigenvalue weighted by atomic mass is 35.5. The molecule has 1 aliphatic rings. The predicted molar refractivity (Wildman–Crippen MR) is 101 cm³/mol. The fourth-order valence-corrected chi connectivity index (χ4v) is 2.71. The van der Waals surface area contributed by atoms with Crippen LogP contribution in [-0.2, 0) is 22.6 Å². The molecule has 0 amide bonds. The number of hydrogen-bond acceptors (Lipinski definition) is 5. The van der Waals surface area contributed by atoms with E-state index in [9.17, 15) is 9.59 Å². The molecule has 3 rings (SSSR count). The van der Waals surface area contributed by atoms with Gasteiger partial charge >= 0.3 is 5.97 Å². The summed E-state index contributed by atoms with van der Waals surface area (Å²) in [6, 6.07) is 12.7. The monoisotopic (exact) mass is 375 g/mol. The fraction of sp³-hybridized carbons (Fsp3) is 0.300. The van der Waals surface area contributed by atoms with Crippen LogP contribution in [0.2, 0.25) is 0 Å². The molecule has 1 aliphatic heterocycles. The van der Waals surface area contributed by atoms with Crippen molar-refractivity contribution < 1.29 is 19.1 Å². The fourth-order valence-electron chi connectivity index (χ4n) is 2.71. The van der Waals surface area contributed by atoms with Crippen LogP contribution in [0.1, 0.15) is 27.0 Å². The Balaban J connectivity index is 0.00000243. The highest BCUT2D eigenvalue weighted by molar-refractivity contribution is 6.12. The summed E-state index contributed by atoms with van der Waals surface area (Å²) in [6.07, 6.45) is 0.158. The summed E-state index contributed by atoms with van der Waals surface area (Å²) in [5, 5.41) is 0. The summed E-state index contributed by atoms with van der Waals surface area (Å²) < 4.78 is 11.0. The second-order valence-electron chi connectivity index (χ2n) is 6.31. The number of carbonyl (C=O) groups is 2. The zero-order valence-electron chi connectivity index (χ0n) is 14.9. The van der Waals surface area contributed by atoms with Crippen molar-refractivity contribution >= 4 is 24.2 Å². The van der Waals surface area contributed by atoms with Crippen LogP contribution in [-0.4, -0.2) is 43.9 Å². The van der Waals surface area contributed by atoms with E-state index in [1.807, 2.05) is 43.3 Å². The van der Waals surface area contributed by atoms with E-state index in [-0.39, 0.29) is 30.6 Å². The first kappa shape index (κ1) is 19.9. The third kappa shape index (κ3) is 4.62. The highest BCUT2D eigenvalue weighted by Crippen LogP contribution is 2.29. The molecule has 0 spiro atoms. The van der Waals surface area contributed by atoms with Crippen molar-refractivity contribution in [3.8, 4) is 5.75 Å². The average molecular weight is 376 g/mol. The summed E-state index contributed by atoms with van der Waals surface area (Å²) >= 11 is 0. The summed E-state index contributed by atoms with van der Waals surface area (Å²) in [5.41, 5.74) is 2.83. The molecule has 2 aromatic rings. The molecule has 6 heteroatoms. The molecule has 0 N–H and O–H groups in total. The van der Waals surface area contributed by atoms with Gasteiger partial charge in [-0.1, -0.05) is 30.3 Å². The largest absolute Gasteiger partial charge is 0.488 e. The van der Waals surface area contributed by atoms with Crippen LogP contribution in [0.25, 0.3) is 0 Å². The normalized spacial score (nSPS) is 12.3. The van der Waals surface area contributed by atoms with E-state index in [0.29, 0.717) is 36.6 Å². The number of hydrogen-bond donors (Lipinski definition) is 0. The van der Waals surface area contributed by atoms with E-state index in [1.165, 1.54) is 0 Å². The summed E-state index contributed by atoms with van der Waals surface area (Å²) in [6.45, 7) is 1.39. The zero-order chi connectivity index (χ0) is 17.8. The lowest BCUT2D eigenvalue weighted by Gasteiger charge is -2.11. The van der Waals surface area contributed by atoms with Gasteiger partial charge in [0.1, 0.15) is 19.0 Å². The topological polar surface area (TPSA) is 55.8 Å². The third-order valence-electron chi connectivity index (χ3n) is 4.09. The van der Waals surface area contributed by atoms with Gasteiger partial charge in [-0.3, -0.25) is 9.59 Å². The van der Waals surface area contributed by atoms with Crippen molar-refractivity contribution in [1.29, 1.82) is 0 Å². The molecule has 0 aromatic heterocycles. The molecule has 138 valence electrons. The first-order chi connectivity index (χ1) is 12.0. The van der Waals surface area contributed by atoms with Crippen molar-refractivity contribution in [2.75, 3.05) is 27.2 Å². The summed E-state index contributed by atoms with van der Waals surface area (Å²) in [4.78, 5) is 26.6. The third-order valence-corrected chi connectivity index (χ3v) is 4.09. The van der Waals surface area contributed by atoms with Crippen molar-refractivity contribution in [2.24, 2.45) is 0 Å². The van der Waals surface area contributed by atoms with Crippen molar-refractivity contribution in [3.63, 3.8) is 0 Å². The number of esters is 1. The maximum atomic E-state index is 12.7. The van der Waals surface area contributed by atoms with Crippen LogP contribution in [0.5, 0.6) is 5.75 Å². The highest BCUT2D eigenvalue weighted by Gasteiger charge is 2.22. The maximum Gasteiger partial charge on any atom is 0.310 e. The standard InChI is InChI=1S/C20H21NO4.ClH/c1-21(2)9-10-24-19(22)12-14-7-8-17-18(11-14)25-13-15-5-3-4-6-16(15)20(17)23;/h3-8,11H,9-10,12-13H2,1-2H3;1H. The molecule has 0 atom stereocenters. The van der Waals surface area contributed by atoms with Gasteiger partial charge in [-0.05, 0) is 31.8 Å². The number of fused-ring (bicyclic) bond motifs is 2. The van der Waals surface area contributed by atoms with E-state index in [2.05, 4.69) is 0 Å². The van der Waals surface area contributed by atoms with Gasteiger partial charge in [0.05, 0.1) is 12.0 Å². The van der Waals surface area contributed by atoms with E-state index >= 15 is 0 Å². The van der Waals surface area contributed by atoms with Crippen LogP contribution >= 0.6 is 12.4 Å². The Labute approximate surface area is 159 Å². The molecule has 0 aliphatic carbocycles. The second-order valence-corrected chi connectivity index (χ2v) is 6.31. The Morgan fingerprint density at radius 3 is 2.69 bits per heavy atom. The van der Waals surface area contributed by atoms with Gasteiger partial charge in [0, 0.05) is 17.7 Å². The van der Waals surface area contributed by atoms with Gasteiger partial charge in [0.25, 0.3) is 0 Å². The molecule has 0 saturated carbocycles. The number of ketones is 1. The van der Waals surface area contributed by atoms with Gasteiger partial charge in [-0.2, -0.15) is 0 Å². The molecule has 0 unspecified atom stereocenters. The van der Waals surface area contributed by atoms with E-state index < -0.39 is 0 Å². The minimum absolute atomic E-state index is 0. The lowest BCUT2D eigenvalue weighted by Crippen LogP contribution is -2.20. The number of benzene rings is 2. The van der Waals surface area contributed by atoms with Crippen molar-refractivity contribution in [1.82, 2.24) is 4.90 Å². The van der Waals surface area contributed by atoms with Gasteiger partial charge in [0.15, 0.2) is 5.78 Å². The first-order valence-corrected chi connectivity index (χ1v) is 8.23. The lowest BCUT2D eigenvalue weighted by atomic mass is 9.98. The van der Waals surface area contributed by atoms with Crippen LogP contribution < -0.4 is 4.74 Å². The Kier molecular flexibility index (Phi) is 6.77. The van der Waals surface area contributed by atoms with Gasteiger partial charge in [-0.25, -0.2) is 0 Å². The second kappa shape index (κ2) is 8.83. The number of halogens is 1. The number of ether oxygens (including phenoxy) is 2. The minimum Gasteiger partial charge on any atom is -0.488 e. The molecule has 0 fully saturated rings. The molecule has 0 saturated heterocycles. The first-order valence-electron chi connectivity index (χ1n) is 8.23. The Morgan fingerprint density at radius 2 is 1.92 bits per heavy atom. The van der Waals surface area contributed by atoms with Crippen molar-refractivity contribution in [2.45, 2.75) is 13.0 Å². The number of carbonyl (C=O) groups excluding carboxylic acids is 2. The number of rotatable bonds is 5. The molecule has 5 nitrogen and oxygen atoms in total. The SMILES string of the molecule is CN(C)CCOC(=O)Cc1ccc2c(c1)OCc1ccccc1C2=O.Cl. The van der Waals surface area contributed by atoms with Crippen LogP contribution in [0.4, 0.5) is 0 Å². The van der Waals surface area contributed by atoms with E-state index in [0.717, 1.165) is 11.1 Å². The molecule has 2 aromatic carbocycles. The molecule has 0 radical (unpaired) electrons. The Bertz CT molecular complexity index is 804. The average Bonchev–Trinajstić information content (AvgIpc) is 2.72. The smallest absolute Gasteiger partial charge is 0.310 e. The van der Waals surface area contributed by atoms with E-state index in [4.69, 9.17) is 9.47 Å². The van der Waals surface area contributed by atoms with E-state index in [1.54, 1.807) is 18.2 Å². The number of likely N-dealkylation sites (N-methyl/N-ethyl adjacent to an activating group) is 1. The van der Waals surface area contributed by atoms with Gasteiger partial charge in [0.2, 0.25) is 0 Å². The zero-order valence-corrected chi connectivity index (χ0v) is 15.7. The lowest BCUT2D eigenvalue weighted by molar-refractivity contribution is -0.143. The van der Waals surface area contributed by atoms with Crippen molar-refractivity contribution in [3.05, 3.63) is 64.7 Å². The Morgan fingerprint density at radius 1 is 1.15 bits per heavy atom. The molecular formula is C20H22ClNO4. The van der Waals surface area contributed by atoms with Crippen LogP contribution in [0, 0.1) is 0 Å². The van der Waals surface area contributed by atoms with Gasteiger partial charge in [-0.15, -0.1) is 12.4 Å².